The number of H-pyrrole nitrogens is 1. The van der Waals surface area contributed by atoms with Gasteiger partial charge in [-0.1, -0.05) is 55.5 Å². The number of para-hydroxylation sites is 1. The summed E-state index contributed by atoms with van der Waals surface area (Å²) in [6.45, 7) is 7.13. The number of carbonyl (C=O) groups excluding carboxylic acids is 1. The lowest BCUT2D eigenvalue weighted by atomic mass is 10.1. The lowest BCUT2D eigenvalue weighted by molar-refractivity contribution is -0.144. The second kappa shape index (κ2) is 11.7. The van der Waals surface area contributed by atoms with Crippen molar-refractivity contribution in [3.05, 3.63) is 87.5 Å². The van der Waals surface area contributed by atoms with E-state index in [9.17, 15) is 9.59 Å². The zero-order valence-corrected chi connectivity index (χ0v) is 21.0. The van der Waals surface area contributed by atoms with Crippen LogP contribution in [0.25, 0.3) is 10.9 Å². The van der Waals surface area contributed by atoms with Crippen LogP contribution in [0.15, 0.2) is 59.4 Å². The Morgan fingerprint density at radius 1 is 1.14 bits per heavy atom. The number of hydrogen-bond acceptors (Lipinski definition) is 7. The number of nitrogens with zero attached hydrogens (tertiary/aromatic N) is 5. The number of aryl methyl sites for hydroxylation is 1. The molecule has 1 unspecified atom stereocenters. The molecule has 0 aliphatic carbocycles. The summed E-state index contributed by atoms with van der Waals surface area (Å²) in [5.74, 6) is 0.185. The van der Waals surface area contributed by atoms with Gasteiger partial charge in [0.25, 0.3) is 5.56 Å². The van der Waals surface area contributed by atoms with E-state index in [1.54, 1.807) is 6.92 Å². The Balaban J connectivity index is 1.67. The summed E-state index contributed by atoms with van der Waals surface area (Å²) >= 11 is 0. The van der Waals surface area contributed by atoms with Crippen molar-refractivity contribution >= 4 is 16.9 Å². The average molecular weight is 489 g/mol. The van der Waals surface area contributed by atoms with Crippen molar-refractivity contribution in [2.45, 2.75) is 52.7 Å². The van der Waals surface area contributed by atoms with Gasteiger partial charge in [0, 0.05) is 18.7 Å². The highest BCUT2D eigenvalue weighted by atomic mass is 16.5. The molecule has 2 aromatic heterocycles. The molecule has 0 bridgehead atoms. The number of tetrazole rings is 1. The zero-order valence-electron chi connectivity index (χ0n) is 21.0. The van der Waals surface area contributed by atoms with E-state index in [1.807, 2.05) is 49.4 Å². The number of benzene rings is 2. The quantitative estimate of drug-likeness (QED) is 0.322. The highest BCUT2D eigenvalue weighted by molar-refractivity contribution is 5.81. The van der Waals surface area contributed by atoms with E-state index < -0.39 is 5.97 Å². The van der Waals surface area contributed by atoms with E-state index in [1.165, 1.54) is 10.2 Å². The maximum atomic E-state index is 13.1. The van der Waals surface area contributed by atoms with Gasteiger partial charge in [-0.15, -0.1) is 5.10 Å². The van der Waals surface area contributed by atoms with Gasteiger partial charge >= 0.3 is 5.97 Å². The molecule has 0 aliphatic rings. The Kier molecular flexibility index (Phi) is 8.22. The normalized spacial score (nSPS) is 12.2. The molecule has 0 saturated carbocycles. The fourth-order valence-corrected chi connectivity index (χ4v) is 4.52. The highest BCUT2D eigenvalue weighted by Gasteiger charge is 2.26. The van der Waals surface area contributed by atoms with Gasteiger partial charge in [-0.3, -0.25) is 14.5 Å². The van der Waals surface area contributed by atoms with E-state index in [-0.39, 0.29) is 18.1 Å². The van der Waals surface area contributed by atoms with Crippen LogP contribution < -0.4 is 5.56 Å². The van der Waals surface area contributed by atoms with Gasteiger partial charge in [0.05, 0.1) is 18.2 Å². The van der Waals surface area contributed by atoms with E-state index in [4.69, 9.17) is 4.74 Å². The van der Waals surface area contributed by atoms with Crippen molar-refractivity contribution in [3.8, 4) is 0 Å². The molecule has 0 radical (unpaired) electrons. The minimum absolute atomic E-state index is 0.0605. The summed E-state index contributed by atoms with van der Waals surface area (Å²) in [5, 5.41) is 13.1. The van der Waals surface area contributed by atoms with Crippen molar-refractivity contribution in [2.24, 2.45) is 0 Å². The Bertz CT molecular complexity index is 1360. The lowest BCUT2D eigenvalue weighted by Crippen LogP contribution is -2.34. The molecule has 0 saturated heterocycles. The molecular formula is C27H32N6O3. The lowest BCUT2D eigenvalue weighted by Gasteiger charge is -2.30. The van der Waals surface area contributed by atoms with E-state index in [0.29, 0.717) is 37.5 Å². The number of hydrogen-bond donors (Lipinski definition) is 1. The van der Waals surface area contributed by atoms with Crippen LogP contribution in [0, 0.1) is 6.92 Å². The van der Waals surface area contributed by atoms with Gasteiger partial charge < -0.3 is 9.72 Å². The molecule has 9 heteroatoms. The first-order valence-corrected chi connectivity index (χ1v) is 12.3. The zero-order chi connectivity index (χ0) is 25.5. The molecule has 9 nitrogen and oxygen atoms in total. The predicted octanol–water partition coefficient (Wildman–Crippen LogP) is 3.58. The van der Waals surface area contributed by atoms with Crippen LogP contribution in [0.5, 0.6) is 0 Å². The Labute approximate surface area is 210 Å². The fraction of sp³-hybridized carbons (Fsp3) is 0.370. The van der Waals surface area contributed by atoms with Crippen LogP contribution >= 0.6 is 0 Å². The highest BCUT2D eigenvalue weighted by Crippen LogP contribution is 2.25. The second-order valence-corrected chi connectivity index (χ2v) is 8.79. The van der Waals surface area contributed by atoms with Crippen LogP contribution in [-0.4, -0.2) is 49.2 Å². The minimum atomic E-state index is -0.391. The summed E-state index contributed by atoms with van der Waals surface area (Å²) in [6, 6.07) is 18.0. The SMILES string of the molecule is CCOC(=O)Cn1nnnc1C(CC)N(CCc1ccccc1)Cc1cc2cccc(C)c2[nH]c1=O. The van der Waals surface area contributed by atoms with Crippen LogP contribution in [0.2, 0.25) is 0 Å². The predicted molar refractivity (Wildman–Crippen MR) is 137 cm³/mol. The van der Waals surface area contributed by atoms with Crippen LogP contribution in [-0.2, 0) is 29.0 Å². The summed E-state index contributed by atoms with van der Waals surface area (Å²) in [5.41, 5.74) is 3.65. The number of carbonyl (C=O) groups is 1. The van der Waals surface area contributed by atoms with Crippen LogP contribution in [0.4, 0.5) is 0 Å². The van der Waals surface area contributed by atoms with Gasteiger partial charge in [0.15, 0.2) is 5.82 Å². The van der Waals surface area contributed by atoms with Gasteiger partial charge in [-0.2, -0.15) is 0 Å². The number of fused-ring (bicyclic) bond motifs is 1. The Morgan fingerprint density at radius 2 is 1.94 bits per heavy atom. The number of aromatic nitrogens is 5. The monoisotopic (exact) mass is 488 g/mol. The molecule has 4 rings (SSSR count). The first kappa shape index (κ1) is 25.2. The topological polar surface area (TPSA) is 106 Å². The standard InChI is InChI=1S/C27H32N6O3/c1-4-23(26-29-30-31-33(26)18-24(34)36-5-2)32(15-14-20-11-7-6-8-12-20)17-22-16-21-13-9-10-19(3)25(21)28-27(22)35/h6-13,16,23H,4-5,14-15,17-18H2,1-3H3,(H,28,35). The molecule has 0 spiro atoms. The average Bonchev–Trinajstić information content (AvgIpc) is 3.32. The molecule has 4 aromatic rings. The van der Waals surface area contributed by atoms with Gasteiger partial charge in [0.1, 0.15) is 6.54 Å². The van der Waals surface area contributed by atoms with Crippen molar-refractivity contribution in [1.29, 1.82) is 0 Å². The molecule has 0 amide bonds. The van der Waals surface area contributed by atoms with Gasteiger partial charge in [-0.25, -0.2) is 4.68 Å². The van der Waals surface area contributed by atoms with Gasteiger partial charge in [0.2, 0.25) is 0 Å². The van der Waals surface area contributed by atoms with Crippen LogP contribution in [0.1, 0.15) is 48.8 Å². The third-order valence-electron chi connectivity index (χ3n) is 6.34. The van der Waals surface area contributed by atoms with Gasteiger partial charge in [-0.05, 0) is 59.7 Å². The second-order valence-electron chi connectivity index (χ2n) is 8.79. The molecular weight excluding hydrogens is 456 g/mol. The summed E-state index contributed by atoms with van der Waals surface area (Å²) in [4.78, 5) is 30.5. The number of nitrogens with one attached hydrogen (secondary N) is 1. The summed E-state index contributed by atoms with van der Waals surface area (Å²) < 4.78 is 6.59. The van der Waals surface area contributed by atoms with E-state index in [2.05, 4.69) is 44.5 Å². The molecule has 0 aliphatic heterocycles. The maximum absolute atomic E-state index is 13.1. The third-order valence-corrected chi connectivity index (χ3v) is 6.34. The van der Waals surface area contributed by atoms with Crippen LogP contribution in [0.3, 0.4) is 0 Å². The third kappa shape index (κ3) is 5.85. The maximum Gasteiger partial charge on any atom is 0.327 e. The number of ether oxygens (including phenoxy) is 1. The first-order chi connectivity index (χ1) is 17.5. The number of rotatable bonds is 11. The Hall–Kier alpha value is -3.85. The Morgan fingerprint density at radius 3 is 2.69 bits per heavy atom. The smallest absolute Gasteiger partial charge is 0.327 e. The molecule has 188 valence electrons. The number of aromatic amines is 1. The molecule has 0 fully saturated rings. The van der Waals surface area contributed by atoms with E-state index >= 15 is 0 Å². The number of esters is 1. The van der Waals surface area contributed by atoms with Crippen molar-refractivity contribution in [2.75, 3.05) is 13.2 Å². The largest absolute Gasteiger partial charge is 0.465 e. The number of pyridine rings is 1. The molecule has 2 heterocycles. The molecule has 1 atom stereocenters. The fourth-order valence-electron chi connectivity index (χ4n) is 4.52. The van der Waals surface area contributed by atoms with E-state index in [0.717, 1.165) is 22.9 Å². The molecule has 2 aromatic carbocycles. The van der Waals surface area contributed by atoms with Crippen molar-refractivity contribution in [1.82, 2.24) is 30.1 Å². The first-order valence-electron chi connectivity index (χ1n) is 12.3. The minimum Gasteiger partial charge on any atom is -0.465 e. The summed E-state index contributed by atoms with van der Waals surface area (Å²) in [6.07, 6.45) is 1.49. The molecule has 1 N–H and O–H groups in total. The molecule has 36 heavy (non-hydrogen) atoms. The van der Waals surface area contributed by atoms with Crippen molar-refractivity contribution < 1.29 is 9.53 Å². The summed E-state index contributed by atoms with van der Waals surface area (Å²) in [7, 11) is 0. The van der Waals surface area contributed by atoms with Crippen molar-refractivity contribution in [3.63, 3.8) is 0 Å².